The maximum atomic E-state index is 1.62. The van der Waals surface area contributed by atoms with Gasteiger partial charge in [-0.15, -0.1) is 0 Å². The first-order chi connectivity index (χ1) is 4.42. The van der Waals surface area contributed by atoms with Crippen molar-refractivity contribution >= 4 is 0 Å². The van der Waals surface area contributed by atoms with E-state index in [1.807, 2.05) is 0 Å². The molecule has 0 heterocycles. The molecular formula is C9H14. The van der Waals surface area contributed by atoms with Crippen LogP contribution in [0.3, 0.4) is 0 Å². The van der Waals surface area contributed by atoms with E-state index >= 15 is 0 Å². The maximum absolute atomic E-state index is 1.62. The molecule has 3 fully saturated rings. The zero-order chi connectivity index (χ0) is 5.90. The van der Waals surface area contributed by atoms with Crippen LogP contribution in [0, 0.1) is 17.3 Å². The lowest BCUT2D eigenvalue weighted by Gasteiger charge is -2.10. The Morgan fingerprint density at radius 3 is 2.67 bits per heavy atom. The van der Waals surface area contributed by atoms with E-state index in [4.69, 9.17) is 0 Å². The van der Waals surface area contributed by atoms with Crippen molar-refractivity contribution in [1.82, 2.24) is 0 Å². The highest BCUT2D eigenvalue weighted by atomic mass is 14.7. The van der Waals surface area contributed by atoms with Crippen LogP contribution in [-0.2, 0) is 0 Å². The third-order valence-corrected chi connectivity index (χ3v) is 4.15. The van der Waals surface area contributed by atoms with Crippen LogP contribution < -0.4 is 0 Å². The van der Waals surface area contributed by atoms with Crippen molar-refractivity contribution in [3.05, 3.63) is 0 Å². The minimum absolute atomic E-state index is 0.972. The lowest BCUT2D eigenvalue weighted by molar-refractivity contribution is 0.390. The zero-order valence-corrected chi connectivity index (χ0v) is 5.90. The summed E-state index contributed by atoms with van der Waals surface area (Å²) in [7, 11) is 0. The SMILES string of the molecule is C1CC2CCC3CC23C1. The van der Waals surface area contributed by atoms with Gasteiger partial charge in [0.15, 0.2) is 0 Å². The molecule has 3 aliphatic rings. The first-order valence-electron chi connectivity index (χ1n) is 4.42. The summed E-state index contributed by atoms with van der Waals surface area (Å²) >= 11 is 0. The van der Waals surface area contributed by atoms with Gasteiger partial charge in [-0.05, 0) is 49.4 Å². The minimum Gasteiger partial charge on any atom is -0.0525 e. The summed E-state index contributed by atoms with van der Waals surface area (Å²) in [5.74, 6) is 2.41. The van der Waals surface area contributed by atoms with Crippen LogP contribution >= 0.6 is 0 Å². The fraction of sp³-hybridized carbons (Fsp3) is 1.00. The molecule has 9 heavy (non-hydrogen) atoms. The van der Waals surface area contributed by atoms with Crippen molar-refractivity contribution in [1.29, 1.82) is 0 Å². The van der Waals surface area contributed by atoms with E-state index in [-0.39, 0.29) is 0 Å². The fourth-order valence-corrected chi connectivity index (χ4v) is 3.60. The lowest BCUT2D eigenvalue weighted by Crippen LogP contribution is -2.02. The Labute approximate surface area is 56.6 Å². The third-order valence-electron chi connectivity index (χ3n) is 4.15. The Bertz CT molecular complexity index is 148. The minimum atomic E-state index is 0.972. The molecule has 50 valence electrons. The van der Waals surface area contributed by atoms with E-state index in [2.05, 4.69) is 0 Å². The van der Waals surface area contributed by atoms with Crippen LogP contribution in [0.4, 0.5) is 0 Å². The van der Waals surface area contributed by atoms with Crippen molar-refractivity contribution < 1.29 is 0 Å². The van der Waals surface area contributed by atoms with Gasteiger partial charge < -0.3 is 0 Å². The van der Waals surface area contributed by atoms with Gasteiger partial charge in [-0.2, -0.15) is 0 Å². The smallest absolute Gasteiger partial charge is 0.0238 e. The molecule has 0 aromatic heterocycles. The van der Waals surface area contributed by atoms with Gasteiger partial charge in [0.2, 0.25) is 0 Å². The molecule has 1 spiro atoms. The zero-order valence-electron chi connectivity index (χ0n) is 5.90. The number of hydrogen-bond acceptors (Lipinski definition) is 0. The maximum Gasteiger partial charge on any atom is -0.0238 e. The topological polar surface area (TPSA) is 0 Å². The van der Waals surface area contributed by atoms with Gasteiger partial charge in [-0.1, -0.05) is 6.42 Å². The molecule has 0 aromatic rings. The van der Waals surface area contributed by atoms with Crippen LogP contribution in [0.1, 0.15) is 38.5 Å². The quantitative estimate of drug-likeness (QED) is 0.463. The summed E-state index contributed by atoms with van der Waals surface area (Å²) in [6.45, 7) is 0. The van der Waals surface area contributed by atoms with E-state index in [9.17, 15) is 0 Å². The van der Waals surface area contributed by atoms with Gasteiger partial charge in [-0.3, -0.25) is 0 Å². The van der Waals surface area contributed by atoms with Crippen molar-refractivity contribution in [3.8, 4) is 0 Å². The lowest BCUT2D eigenvalue weighted by atomic mass is 9.95. The molecule has 0 saturated heterocycles. The van der Waals surface area contributed by atoms with E-state index in [0.29, 0.717) is 0 Å². The molecule has 0 heteroatoms. The summed E-state index contributed by atoms with van der Waals surface area (Å²) in [5, 5.41) is 0. The number of hydrogen-bond donors (Lipinski definition) is 0. The summed E-state index contributed by atoms with van der Waals surface area (Å²) in [6.07, 6.45) is 9.53. The third kappa shape index (κ3) is 0.395. The van der Waals surface area contributed by atoms with E-state index in [0.717, 1.165) is 5.41 Å². The summed E-state index contributed by atoms with van der Waals surface area (Å²) < 4.78 is 0. The van der Waals surface area contributed by atoms with Crippen molar-refractivity contribution in [2.75, 3.05) is 0 Å². The Kier molecular flexibility index (Phi) is 0.640. The summed E-state index contributed by atoms with van der Waals surface area (Å²) in [4.78, 5) is 0. The Hall–Kier alpha value is 0. The van der Waals surface area contributed by atoms with Crippen LogP contribution in [0.25, 0.3) is 0 Å². The molecule has 0 N–H and O–H groups in total. The molecule has 3 saturated carbocycles. The highest BCUT2D eigenvalue weighted by molar-refractivity contribution is 5.13. The van der Waals surface area contributed by atoms with E-state index in [1.54, 1.807) is 38.5 Å². The predicted molar refractivity (Wildman–Crippen MR) is 37.1 cm³/mol. The van der Waals surface area contributed by atoms with Gasteiger partial charge in [0.25, 0.3) is 0 Å². The molecule has 3 atom stereocenters. The highest BCUT2D eigenvalue weighted by Gasteiger charge is 2.63. The average molecular weight is 122 g/mol. The van der Waals surface area contributed by atoms with Crippen LogP contribution in [0.2, 0.25) is 0 Å². The summed E-state index contributed by atoms with van der Waals surface area (Å²) in [6, 6.07) is 0. The molecule has 0 bridgehead atoms. The molecule has 0 aliphatic heterocycles. The molecular weight excluding hydrogens is 108 g/mol. The van der Waals surface area contributed by atoms with Crippen LogP contribution in [0.5, 0.6) is 0 Å². The molecule has 0 aromatic carbocycles. The van der Waals surface area contributed by atoms with Crippen molar-refractivity contribution in [3.63, 3.8) is 0 Å². The predicted octanol–water partition coefficient (Wildman–Crippen LogP) is 2.59. The second kappa shape index (κ2) is 1.21. The largest absolute Gasteiger partial charge is 0.0525 e. The van der Waals surface area contributed by atoms with E-state index < -0.39 is 0 Å². The van der Waals surface area contributed by atoms with Crippen LogP contribution in [-0.4, -0.2) is 0 Å². The normalized spacial score (nSPS) is 61.3. The van der Waals surface area contributed by atoms with E-state index in [1.165, 1.54) is 11.8 Å². The molecule has 0 amide bonds. The first kappa shape index (κ1) is 4.76. The van der Waals surface area contributed by atoms with Gasteiger partial charge in [0.05, 0.1) is 0 Å². The fourth-order valence-electron chi connectivity index (χ4n) is 3.60. The second-order valence-electron chi connectivity index (χ2n) is 4.30. The van der Waals surface area contributed by atoms with Gasteiger partial charge in [0, 0.05) is 0 Å². The number of rotatable bonds is 0. The van der Waals surface area contributed by atoms with Crippen molar-refractivity contribution in [2.24, 2.45) is 17.3 Å². The van der Waals surface area contributed by atoms with Crippen LogP contribution in [0.15, 0.2) is 0 Å². The standard InChI is InChI=1S/C9H14/c1-2-7-3-4-8-6-9(7,8)5-1/h7-8H,1-6H2. The highest BCUT2D eigenvalue weighted by Crippen LogP contribution is 2.72. The first-order valence-corrected chi connectivity index (χ1v) is 4.42. The van der Waals surface area contributed by atoms with Gasteiger partial charge in [-0.25, -0.2) is 0 Å². The average Bonchev–Trinajstić information content (AvgIpc) is 2.30. The molecule has 3 aliphatic carbocycles. The molecule has 0 nitrogen and oxygen atoms in total. The Morgan fingerprint density at radius 2 is 1.89 bits per heavy atom. The monoisotopic (exact) mass is 122 g/mol. The second-order valence-corrected chi connectivity index (χ2v) is 4.30. The Balaban J connectivity index is 1.99. The van der Waals surface area contributed by atoms with Gasteiger partial charge in [0.1, 0.15) is 0 Å². The summed E-state index contributed by atoms with van der Waals surface area (Å²) in [5.41, 5.74) is 0.972. The molecule has 0 radical (unpaired) electrons. The Morgan fingerprint density at radius 1 is 1.00 bits per heavy atom. The molecule has 3 unspecified atom stereocenters. The van der Waals surface area contributed by atoms with Gasteiger partial charge >= 0.3 is 0 Å². The van der Waals surface area contributed by atoms with Crippen molar-refractivity contribution in [2.45, 2.75) is 38.5 Å². The molecule has 3 rings (SSSR count).